The van der Waals surface area contributed by atoms with Gasteiger partial charge in [-0.1, -0.05) is 19.7 Å². The Bertz CT molecular complexity index is 499. The molecule has 0 aromatic rings. The first-order valence-corrected chi connectivity index (χ1v) is 8.76. The molecule has 0 aromatic heterocycles. The number of hydrogen-bond donors (Lipinski definition) is 4. The zero-order valence-corrected chi connectivity index (χ0v) is 17.7. The summed E-state index contributed by atoms with van der Waals surface area (Å²) in [5.41, 5.74) is 0.352. The van der Waals surface area contributed by atoms with E-state index in [-0.39, 0.29) is 50.8 Å². The molecule has 174 valence electrons. The first kappa shape index (κ1) is 31.9. The van der Waals surface area contributed by atoms with Gasteiger partial charge >= 0.3 is 18.0 Å². The SMILES string of the molecule is C=C(C)C(=O)O.C=C(C)C(=O)O.C=CN(C(=O)OCC)C(CO)OCCOCCO. The van der Waals surface area contributed by atoms with Gasteiger partial charge in [-0.2, -0.15) is 0 Å². The fourth-order valence-electron chi connectivity index (χ4n) is 1.14. The molecular weight excluding hydrogens is 402 g/mol. The summed E-state index contributed by atoms with van der Waals surface area (Å²) in [7, 11) is 0. The number of hydrogen-bond acceptors (Lipinski definition) is 8. The van der Waals surface area contributed by atoms with Crippen molar-refractivity contribution in [3.8, 4) is 0 Å². The van der Waals surface area contributed by atoms with Crippen LogP contribution in [-0.4, -0.2) is 89.2 Å². The fraction of sp³-hybridized carbons (Fsp3) is 0.526. The van der Waals surface area contributed by atoms with Crippen molar-refractivity contribution in [3.05, 3.63) is 37.1 Å². The van der Waals surface area contributed by atoms with Crippen molar-refractivity contribution in [1.29, 1.82) is 0 Å². The summed E-state index contributed by atoms with van der Waals surface area (Å²) in [6, 6.07) is 0. The lowest BCUT2D eigenvalue weighted by atomic mass is 10.4. The van der Waals surface area contributed by atoms with E-state index in [0.717, 1.165) is 4.90 Å². The maximum atomic E-state index is 11.5. The van der Waals surface area contributed by atoms with Gasteiger partial charge in [-0.15, -0.1) is 0 Å². The summed E-state index contributed by atoms with van der Waals surface area (Å²) >= 11 is 0. The molecule has 0 aliphatic heterocycles. The second-order valence-corrected chi connectivity index (χ2v) is 5.30. The number of carbonyl (C=O) groups excluding carboxylic acids is 1. The third-order valence-electron chi connectivity index (χ3n) is 2.65. The lowest BCUT2D eigenvalue weighted by molar-refractivity contribution is -0.133. The van der Waals surface area contributed by atoms with E-state index in [4.69, 9.17) is 34.6 Å². The zero-order chi connectivity index (χ0) is 24.1. The van der Waals surface area contributed by atoms with Crippen LogP contribution in [0.15, 0.2) is 37.1 Å². The van der Waals surface area contributed by atoms with Crippen molar-refractivity contribution in [1.82, 2.24) is 4.90 Å². The number of aliphatic hydroxyl groups is 2. The average Bonchev–Trinajstić information content (AvgIpc) is 2.67. The smallest absolute Gasteiger partial charge is 0.416 e. The lowest BCUT2D eigenvalue weighted by Gasteiger charge is -2.26. The molecule has 0 saturated carbocycles. The Labute approximate surface area is 176 Å². The quantitative estimate of drug-likeness (QED) is 0.199. The standard InChI is InChI=1S/C11H21NO6.2C4H6O2/c1-3-12(11(15)17-4-2)10(9-14)18-8-7-16-6-5-13;2*1-3(2)4(5)6/h3,10,13-14H,1,4-9H2,2H3;2*1H2,2H3,(H,5,6). The number of carboxylic acids is 2. The molecule has 1 atom stereocenters. The molecule has 4 N–H and O–H groups in total. The number of rotatable bonds is 12. The van der Waals surface area contributed by atoms with Crippen molar-refractivity contribution in [2.45, 2.75) is 27.0 Å². The molecule has 30 heavy (non-hydrogen) atoms. The summed E-state index contributed by atoms with van der Waals surface area (Å²) < 4.78 is 15.0. The van der Waals surface area contributed by atoms with Crippen molar-refractivity contribution in [3.63, 3.8) is 0 Å². The molecule has 1 unspecified atom stereocenters. The number of aliphatic hydroxyl groups excluding tert-OH is 2. The Hall–Kier alpha value is -2.73. The number of ether oxygens (including phenoxy) is 3. The van der Waals surface area contributed by atoms with Crippen LogP contribution in [-0.2, 0) is 23.8 Å². The van der Waals surface area contributed by atoms with Gasteiger partial charge in [0, 0.05) is 17.3 Å². The first-order valence-electron chi connectivity index (χ1n) is 8.76. The third kappa shape index (κ3) is 20.0. The van der Waals surface area contributed by atoms with E-state index in [0.29, 0.717) is 0 Å². The minimum absolute atomic E-state index is 0.0644. The van der Waals surface area contributed by atoms with Gasteiger partial charge in [-0.3, -0.25) is 4.90 Å². The topological polar surface area (TPSA) is 163 Å². The van der Waals surface area contributed by atoms with Crippen LogP contribution in [0.3, 0.4) is 0 Å². The highest BCUT2D eigenvalue weighted by Crippen LogP contribution is 2.05. The Morgan fingerprint density at radius 2 is 1.47 bits per heavy atom. The third-order valence-corrected chi connectivity index (χ3v) is 2.65. The molecule has 11 heteroatoms. The molecule has 0 aliphatic rings. The summed E-state index contributed by atoms with van der Waals surface area (Å²) in [6.45, 7) is 14.8. The summed E-state index contributed by atoms with van der Waals surface area (Å²) in [4.78, 5) is 31.8. The van der Waals surface area contributed by atoms with Crippen molar-refractivity contribution >= 4 is 18.0 Å². The number of aliphatic carboxylic acids is 2. The van der Waals surface area contributed by atoms with Crippen LogP contribution >= 0.6 is 0 Å². The maximum Gasteiger partial charge on any atom is 0.416 e. The van der Waals surface area contributed by atoms with E-state index in [1.807, 2.05) is 0 Å². The van der Waals surface area contributed by atoms with Gasteiger partial charge in [-0.25, -0.2) is 14.4 Å². The lowest BCUT2D eigenvalue weighted by Crippen LogP contribution is -2.41. The molecule has 0 aromatic carbocycles. The molecule has 0 spiro atoms. The molecule has 0 bridgehead atoms. The number of carboxylic acid groups (broad SMARTS) is 2. The minimum Gasteiger partial charge on any atom is -0.478 e. The molecule has 0 heterocycles. The molecule has 0 radical (unpaired) electrons. The van der Waals surface area contributed by atoms with E-state index in [1.54, 1.807) is 6.92 Å². The van der Waals surface area contributed by atoms with Gasteiger partial charge in [-0.05, 0) is 20.8 Å². The van der Waals surface area contributed by atoms with Crippen molar-refractivity contribution in [2.24, 2.45) is 0 Å². The van der Waals surface area contributed by atoms with Gasteiger partial charge in [0.15, 0.2) is 6.23 Å². The minimum atomic E-state index is -0.935. The van der Waals surface area contributed by atoms with Crippen LogP contribution in [0, 0.1) is 0 Å². The van der Waals surface area contributed by atoms with Crippen molar-refractivity contribution in [2.75, 3.05) is 39.6 Å². The van der Waals surface area contributed by atoms with Crippen LogP contribution < -0.4 is 0 Å². The Morgan fingerprint density at radius 1 is 1.00 bits per heavy atom. The predicted octanol–water partition coefficient (Wildman–Crippen LogP) is 1.23. The van der Waals surface area contributed by atoms with Crippen LogP contribution in [0.25, 0.3) is 0 Å². The second kappa shape index (κ2) is 21.0. The van der Waals surface area contributed by atoms with Crippen LogP contribution in [0.2, 0.25) is 0 Å². The number of carbonyl (C=O) groups is 3. The van der Waals surface area contributed by atoms with Gasteiger partial charge in [0.1, 0.15) is 0 Å². The molecule has 11 nitrogen and oxygen atoms in total. The van der Waals surface area contributed by atoms with E-state index in [9.17, 15) is 14.4 Å². The Balaban J connectivity index is -0.000000495. The molecule has 0 rings (SSSR count). The molecule has 1 amide bonds. The highest BCUT2D eigenvalue weighted by molar-refractivity contribution is 5.85. The van der Waals surface area contributed by atoms with Gasteiger partial charge in [0.05, 0.1) is 39.6 Å². The summed E-state index contributed by atoms with van der Waals surface area (Å²) in [6.07, 6.45) is -0.268. The maximum absolute atomic E-state index is 11.5. The van der Waals surface area contributed by atoms with Crippen LogP contribution in [0.1, 0.15) is 20.8 Å². The predicted molar refractivity (Wildman–Crippen MR) is 109 cm³/mol. The zero-order valence-electron chi connectivity index (χ0n) is 17.7. The van der Waals surface area contributed by atoms with E-state index >= 15 is 0 Å². The first-order chi connectivity index (χ1) is 14.0. The van der Waals surface area contributed by atoms with Crippen molar-refractivity contribution < 1.29 is 49.0 Å². The van der Waals surface area contributed by atoms with E-state index in [1.165, 1.54) is 20.0 Å². The van der Waals surface area contributed by atoms with Gasteiger partial charge in [0.2, 0.25) is 0 Å². The summed E-state index contributed by atoms with van der Waals surface area (Å²) in [5, 5.41) is 33.4. The molecule has 0 aliphatic carbocycles. The number of nitrogens with zero attached hydrogens (tertiary/aromatic N) is 1. The number of amides is 1. The largest absolute Gasteiger partial charge is 0.478 e. The van der Waals surface area contributed by atoms with Gasteiger partial charge < -0.3 is 34.6 Å². The monoisotopic (exact) mass is 435 g/mol. The Kier molecular flexibility index (Phi) is 22.4. The average molecular weight is 435 g/mol. The second-order valence-electron chi connectivity index (χ2n) is 5.30. The highest BCUT2D eigenvalue weighted by atomic mass is 16.6. The molecule has 0 fully saturated rings. The van der Waals surface area contributed by atoms with E-state index < -0.39 is 24.3 Å². The van der Waals surface area contributed by atoms with Crippen LogP contribution in [0.5, 0.6) is 0 Å². The normalized spacial score (nSPS) is 10.2. The van der Waals surface area contributed by atoms with Gasteiger partial charge in [0.25, 0.3) is 0 Å². The molecular formula is C19H33NO10. The van der Waals surface area contributed by atoms with Crippen LogP contribution in [0.4, 0.5) is 4.79 Å². The summed E-state index contributed by atoms with van der Waals surface area (Å²) in [5.74, 6) is -1.87. The van der Waals surface area contributed by atoms with E-state index in [2.05, 4.69) is 19.7 Å². The highest BCUT2D eigenvalue weighted by Gasteiger charge is 2.22. The fourth-order valence-corrected chi connectivity index (χ4v) is 1.14. The Morgan fingerprint density at radius 3 is 1.77 bits per heavy atom. The molecule has 0 saturated heterocycles.